The van der Waals surface area contributed by atoms with Crippen molar-refractivity contribution in [2.75, 3.05) is 13.1 Å². The van der Waals surface area contributed by atoms with Crippen LogP contribution in [0.5, 0.6) is 0 Å². The molecule has 0 radical (unpaired) electrons. The summed E-state index contributed by atoms with van der Waals surface area (Å²) in [6, 6.07) is 10.6. The lowest BCUT2D eigenvalue weighted by Gasteiger charge is -2.32. The van der Waals surface area contributed by atoms with Gasteiger partial charge in [-0.25, -0.2) is 4.98 Å². The largest absolute Gasteiger partial charge is 0.330 e. The van der Waals surface area contributed by atoms with Gasteiger partial charge >= 0.3 is 0 Å². The van der Waals surface area contributed by atoms with Gasteiger partial charge in [0.2, 0.25) is 0 Å². The predicted octanol–water partition coefficient (Wildman–Crippen LogP) is 3.47. The number of aryl methyl sites for hydroxylation is 1. The third-order valence-corrected chi connectivity index (χ3v) is 5.73. The Bertz CT molecular complexity index is 810. The Balaban J connectivity index is 1.47. The molecule has 0 bridgehead atoms. The van der Waals surface area contributed by atoms with E-state index < -0.39 is 0 Å². The van der Waals surface area contributed by atoms with E-state index in [1.165, 1.54) is 40.6 Å². The molecule has 3 heterocycles. The number of likely N-dealkylation sites (tertiary alicyclic amines) is 1. The highest BCUT2D eigenvalue weighted by Gasteiger charge is 2.25. The molecule has 1 aliphatic rings. The molecule has 0 N–H and O–H groups in total. The van der Waals surface area contributed by atoms with E-state index in [1.807, 2.05) is 13.1 Å². The lowest BCUT2D eigenvalue weighted by atomic mass is 9.97. The molecule has 1 aliphatic heterocycles. The van der Waals surface area contributed by atoms with Crippen LogP contribution in [0.3, 0.4) is 0 Å². The molecule has 1 saturated heterocycles. The van der Waals surface area contributed by atoms with Crippen LogP contribution in [-0.4, -0.2) is 37.1 Å². The first kappa shape index (κ1) is 16.4. The fourth-order valence-electron chi connectivity index (χ4n) is 3.60. The van der Waals surface area contributed by atoms with Crippen molar-refractivity contribution in [3.05, 3.63) is 64.7 Å². The Labute approximate surface area is 152 Å². The molecule has 2 aromatic heterocycles. The van der Waals surface area contributed by atoms with Crippen molar-refractivity contribution >= 4 is 11.5 Å². The standard InChI is InChI=1S/C19H23N5S/c1-15-18(25-22-21-15)14-23-10-5-8-17(13-23)19-20-9-11-24(19)12-16-6-3-2-4-7-16/h2-4,6-7,9,11,17H,5,8,10,12-14H2,1H3/t17-/m0/s1. The second-order valence-corrected chi connectivity index (χ2v) is 7.59. The molecule has 130 valence electrons. The second-order valence-electron chi connectivity index (χ2n) is 6.75. The lowest BCUT2D eigenvalue weighted by molar-refractivity contribution is 0.196. The molecule has 4 rings (SSSR count). The van der Waals surface area contributed by atoms with Crippen LogP contribution in [0.1, 0.15) is 40.7 Å². The van der Waals surface area contributed by atoms with Gasteiger partial charge in [-0.05, 0) is 43.4 Å². The van der Waals surface area contributed by atoms with Crippen molar-refractivity contribution in [2.24, 2.45) is 0 Å². The van der Waals surface area contributed by atoms with Crippen LogP contribution in [0.4, 0.5) is 0 Å². The minimum Gasteiger partial charge on any atom is -0.330 e. The summed E-state index contributed by atoms with van der Waals surface area (Å²) in [5.74, 6) is 1.71. The van der Waals surface area contributed by atoms with Gasteiger partial charge in [0.1, 0.15) is 5.82 Å². The minimum absolute atomic E-state index is 0.494. The van der Waals surface area contributed by atoms with Gasteiger partial charge in [0.25, 0.3) is 0 Å². The smallest absolute Gasteiger partial charge is 0.113 e. The van der Waals surface area contributed by atoms with Gasteiger partial charge in [-0.3, -0.25) is 4.90 Å². The monoisotopic (exact) mass is 353 g/mol. The van der Waals surface area contributed by atoms with Crippen LogP contribution in [0.15, 0.2) is 42.7 Å². The van der Waals surface area contributed by atoms with E-state index in [-0.39, 0.29) is 0 Å². The average Bonchev–Trinajstić information content (AvgIpc) is 3.26. The van der Waals surface area contributed by atoms with E-state index in [1.54, 1.807) is 0 Å². The van der Waals surface area contributed by atoms with Crippen LogP contribution in [0.25, 0.3) is 0 Å². The van der Waals surface area contributed by atoms with E-state index in [4.69, 9.17) is 4.98 Å². The SMILES string of the molecule is Cc1nnsc1CN1CCC[C@H](c2nccn2Cc2ccccc2)C1. The van der Waals surface area contributed by atoms with Crippen molar-refractivity contribution < 1.29 is 0 Å². The predicted molar refractivity (Wildman–Crippen MR) is 99.7 cm³/mol. The summed E-state index contributed by atoms with van der Waals surface area (Å²) in [4.78, 5) is 8.51. The first-order chi connectivity index (χ1) is 12.3. The summed E-state index contributed by atoms with van der Waals surface area (Å²) >= 11 is 1.52. The van der Waals surface area contributed by atoms with Crippen LogP contribution in [0.2, 0.25) is 0 Å². The zero-order chi connectivity index (χ0) is 17.1. The number of hydrogen-bond donors (Lipinski definition) is 0. The summed E-state index contributed by atoms with van der Waals surface area (Å²) in [6.45, 7) is 6.10. The van der Waals surface area contributed by atoms with Gasteiger partial charge in [0.05, 0.1) is 10.6 Å². The number of imidazole rings is 1. The van der Waals surface area contributed by atoms with Gasteiger partial charge in [-0.15, -0.1) is 5.10 Å². The number of hydrogen-bond acceptors (Lipinski definition) is 5. The van der Waals surface area contributed by atoms with E-state index in [9.17, 15) is 0 Å². The molecule has 0 amide bonds. The maximum atomic E-state index is 4.70. The number of rotatable bonds is 5. The summed E-state index contributed by atoms with van der Waals surface area (Å²) in [5.41, 5.74) is 2.39. The van der Waals surface area contributed by atoms with E-state index in [2.05, 4.69) is 55.6 Å². The van der Waals surface area contributed by atoms with Crippen LogP contribution < -0.4 is 0 Å². The summed E-state index contributed by atoms with van der Waals surface area (Å²) in [7, 11) is 0. The maximum Gasteiger partial charge on any atom is 0.113 e. The Morgan fingerprint density at radius 2 is 2.08 bits per heavy atom. The third-order valence-electron chi connectivity index (χ3n) is 4.93. The molecule has 1 atom stereocenters. The zero-order valence-corrected chi connectivity index (χ0v) is 15.3. The Kier molecular flexibility index (Phi) is 4.90. The van der Waals surface area contributed by atoms with Gasteiger partial charge < -0.3 is 4.57 Å². The van der Waals surface area contributed by atoms with Crippen molar-refractivity contribution in [3.63, 3.8) is 0 Å². The number of aromatic nitrogens is 4. The Morgan fingerprint density at radius 1 is 1.20 bits per heavy atom. The van der Waals surface area contributed by atoms with Gasteiger partial charge in [-0.1, -0.05) is 34.8 Å². The van der Waals surface area contributed by atoms with E-state index in [0.29, 0.717) is 5.92 Å². The van der Waals surface area contributed by atoms with Crippen LogP contribution >= 0.6 is 11.5 Å². The molecule has 0 unspecified atom stereocenters. The summed E-state index contributed by atoms with van der Waals surface area (Å²) < 4.78 is 6.37. The zero-order valence-electron chi connectivity index (χ0n) is 14.5. The normalized spacial score (nSPS) is 18.5. The fourth-order valence-corrected chi connectivity index (χ4v) is 4.28. The molecule has 25 heavy (non-hydrogen) atoms. The summed E-state index contributed by atoms with van der Waals surface area (Å²) in [6.07, 6.45) is 6.48. The van der Waals surface area contributed by atoms with Gasteiger partial charge in [0, 0.05) is 37.9 Å². The molecule has 6 heteroatoms. The minimum atomic E-state index is 0.494. The van der Waals surface area contributed by atoms with Crippen molar-refractivity contribution in [2.45, 2.75) is 38.8 Å². The maximum absolute atomic E-state index is 4.70. The molecule has 1 fully saturated rings. The highest BCUT2D eigenvalue weighted by Crippen LogP contribution is 2.28. The van der Waals surface area contributed by atoms with Gasteiger partial charge in [-0.2, -0.15) is 0 Å². The molecule has 3 aromatic rings. The van der Waals surface area contributed by atoms with Crippen molar-refractivity contribution in [1.29, 1.82) is 0 Å². The van der Waals surface area contributed by atoms with Crippen LogP contribution in [-0.2, 0) is 13.1 Å². The third kappa shape index (κ3) is 3.80. The van der Waals surface area contributed by atoms with Crippen LogP contribution in [0, 0.1) is 6.92 Å². The second kappa shape index (κ2) is 7.45. The molecule has 5 nitrogen and oxygen atoms in total. The molecule has 1 aromatic carbocycles. The molecular formula is C19H23N5S. The quantitative estimate of drug-likeness (QED) is 0.705. The molecule has 0 saturated carbocycles. The Morgan fingerprint density at radius 3 is 2.88 bits per heavy atom. The lowest BCUT2D eigenvalue weighted by Crippen LogP contribution is -2.34. The van der Waals surface area contributed by atoms with Crippen molar-refractivity contribution in [3.8, 4) is 0 Å². The van der Waals surface area contributed by atoms with Crippen molar-refractivity contribution in [1.82, 2.24) is 24.0 Å². The van der Waals surface area contributed by atoms with E-state index >= 15 is 0 Å². The number of piperidine rings is 1. The highest BCUT2D eigenvalue weighted by molar-refractivity contribution is 7.05. The number of nitrogens with zero attached hydrogens (tertiary/aromatic N) is 5. The topological polar surface area (TPSA) is 46.8 Å². The first-order valence-electron chi connectivity index (χ1n) is 8.85. The fraction of sp³-hybridized carbons (Fsp3) is 0.421. The number of benzene rings is 1. The molecular weight excluding hydrogens is 330 g/mol. The Hall–Kier alpha value is -2.05. The first-order valence-corrected chi connectivity index (χ1v) is 9.62. The van der Waals surface area contributed by atoms with Gasteiger partial charge in [0.15, 0.2) is 0 Å². The molecule has 0 aliphatic carbocycles. The summed E-state index contributed by atoms with van der Waals surface area (Å²) in [5, 5.41) is 4.14. The highest BCUT2D eigenvalue weighted by atomic mass is 32.1. The van der Waals surface area contributed by atoms with E-state index in [0.717, 1.165) is 31.9 Å². The molecule has 0 spiro atoms. The average molecular weight is 353 g/mol.